The van der Waals surface area contributed by atoms with Crippen molar-refractivity contribution in [1.82, 2.24) is 5.43 Å². The molecule has 0 saturated carbocycles. The van der Waals surface area contributed by atoms with E-state index in [1.165, 1.54) is 28.9 Å². The van der Waals surface area contributed by atoms with Crippen molar-refractivity contribution in [3.8, 4) is 5.75 Å². The largest absolute Gasteiger partial charge is 0.422 e. The third-order valence-electron chi connectivity index (χ3n) is 3.94. The minimum absolute atomic E-state index is 0.262. The molecule has 0 unspecified atom stereocenters. The van der Waals surface area contributed by atoms with E-state index in [1.807, 2.05) is 29.6 Å². The van der Waals surface area contributed by atoms with Gasteiger partial charge in [0, 0.05) is 10.1 Å². The summed E-state index contributed by atoms with van der Waals surface area (Å²) in [5.41, 5.74) is 3.21. The molecule has 144 valence electrons. The third-order valence-corrected chi connectivity index (χ3v) is 6.46. The SMILES string of the molecule is O=C(NN=Cc1ccc(OC(=O)c2sc3ccccc3c2Cl)cc1)c1cccs1. The summed E-state index contributed by atoms with van der Waals surface area (Å²) in [6, 6.07) is 17.8. The quantitative estimate of drug-likeness (QED) is 0.190. The second-order valence-corrected chi connectivity index (χ2v) is 8.25. The standard InChI is InChI=1S/C21H13ClN2O3S2/c22-18-15-4-1-2-5-16(15)29-19(18)21(26)27-14-9-7-13(8-10-14)12-23-24-20(25)17-6-3-11-28-17/h1-12H,(H,24,25). The maximum absolute atomic E-state index is 12.5. The Kier molecular flexibility index (Phi) is 5.71. The van der Waals surface area contributed by atoms with Gasteiger partial charge in [-0.05, 0) is 47.3 Å². The van der Waals surface area contributed by atoms with Crippen LogP contribution in [0.3, 0.4) is 0 Å². The molecule has 0 aliphatic heterocycles. The normalized spacial score (nSPS) is 11.1. The number of thiophene rings is 2. The number of carbonyl (C=O) groups excluding carboxylic acids is 2. The van der Waals surface area contributed by atoms with Crippen molar-refractivity contribution < 1.29 is 14.3 Å². The molecule has 29 heavy (non-hydrogen) atoms. The number of nitrogens with one attached hydrogen (secondary N) is 1. The minimum atomic E-state index is -0.499. The molecule has 0 bridgehead atoms. The van der Waals surface area contributed by atoms with Gasteiger partial charge < -0.3 is 4.74 Å². The van der Waals surface area contributed by atoms with Gasteiger partial charge in [0.25, 0.3) is 5.91 Å². The monoisotopic (exact) mass is 440 g/mol. The summed E-state index contributed by atoms with van der Waals surface area (Å²) < 4.78 is 6.36. The van der Waals surface area contributed by atoms with Crippen molar-refractivity contribution >= 4 is 62.5 Å². The van der Waals surface area contributed by atoms with E-state index >= 15 is 0 Å². The topological polar surface area (TPSA) is 67.8 Å². The Hall–Kier alpha value is -3.00. The lowest BCUT2D eigenvalue weighted by molar-refractivity contribution is 0.0739. The summed E-state index contributed by atoms with van der Waals surface area (Å²) >= 11 is 8.96. The van der Waals surface area contributed by atoms with Gasteiger partial charge in [-0.25, -0.2) is 10.2 Å². The molecule has 0 radical (unpaired) electrons. The van der Waals surface area contributed by atoms with Crippen LogP contribution in [0.4, 0.5) is 0 Å². The van der Waals surface area contributed by atoms with Crippen molar-refractivity contribution in [2.24, 2.45) is 5.10 Å². The van der Waals surface area contributed by atoms with Gasteiger partial charge in [0.2, 0.25) is 0 Å². The number of amides is 1. The van der Waals surface area contributed by atoms with Crippen LogP contribution in [0.2, 0.25) is 5.02 Å². The third kappa shape index (κ3) is 4.37. The molecular weight excluding hydrogens is 428 g/mol. The predicted molar refractivity (Wildman–Crippen MR) is 118 cm³/mol. The van der Waals surface area contributed by atoms with Gasteiger partial charge in [0.1, 0.15) is 10.6 Å². The van der Waals surface area contributed by atoms with E-state index in [9.17, 15) is 9.59 Å². The zero-order valence-electron chi connectivity index (χ0n) is 14.8. The van der Waals surface area contributed by atoms with Gasteiger partial charge in [0.15, 0.2) is 0 Å². The molecule has 1 N–H and O–H groups in total. The predicted octanol–water partition coefficient (Wildman–Crippen LogP) is 5.60. The van der Waals surface area contributed by atoms with Crippen LogP contribution in [0.5, 0.6) is 5.75 Å². The summed E-state index contributed by atoms with van der Waals surface area (Å²) in [5.74, 6) is -0.369. The molecule has 1 amide bonds. The molecule has 2 aromatic carbocycles. The van der Waals surface area contributed by atoms with Crippen molar-refractivity contribution in [3.63, 3.8) is 0 Å². The number of carbonyl (C=O) groups is 2. The van der Waals surface area contributed by atoms with Crippen molar-refractivity contribution in [1.29, 1.82) is 0 Å². The Bertz CT molecular complexity index is 1200. The van der Waals surface area contributed by atoms with E-state index in [1.54, 1.807) is 36.4 Å². The van der Waals surface area contributed by atoms with E-state index in [4.69, 9.17) is 16.3 Å². The Morgan fingerprint density at radius 3 is 2.55 bits per heavy atom. The summed E-state index contributed by atoms with van der Waals surface area (Å²) in [6.45, 7) is 0. The number of hydrogen-bond acceptors (Lipinski definition) is 6. The lowest BCUT2D eigenvalue weighted by Gasteiger charge is -2.03. The van der Waals surface area contributed by atoms with Crippen LogP contribution in [0, 0.1) is 0 Å². The van der Waals surface area contributed by atoms with Crippen molar-refractivity contribution in [3.05, 3.63) is 86.4 Å². The zero-order chi connectivity index (χ0) is 20.2. The fourth-order valence-electron chi connectivity index (χ4n) is 2.55. The summed E-state index contributed by atoms with van der Waals surface area (Å²) in [6.07, 6.45) is 1.51. The number of hydrazone groups is 1. The first-order valence-corrected chi connectivity index (χ1v) is 10.6. The Morgan fingerprint density at radius 2 is 1.83 bits per heavy atom. The fraction of sp³-hybridized carbons (Fsp3) is 0. The van der Waals surface area contributed by atoms with E-state index in [0.29, 0.717) is 20.5 Å². The van der Waals surface area contributed by atoms with Crippen molar-refractivity contribution in [2.75, 3.05) is 0 Å². The summed E-state index contributed by atoms with van der Waals surface area (Å²) in [5, 5.41) is 6.99. The smallest absolute Gasteiger partial charge is 0.355 e. The van der Waals surface area contributed by atoms with E-state index in [2.05, 4.69) is 10.5 Å². The average Bonchev–Trinajstić information content (AvgIpc) is 3.38. The highest BCUT2D eigenvalue weighted by molar-refractivity contribution is 7.21. The number of halogens is 1. The Morgan fingerprint density at radius 1 is 1.03 bits per heavy atom. The molecule has 0 fully saturated rings. The molecular formula is C21H13ClN2O3S2. The summed E-state index contributed by atoms with van der Waals surface area (Å²) in [7, 11) is 0. The lowest BCUT2D eigenvalue weighted by Crippen LogP contribution is -2.16. The number of rotatable bonds is 5. The van der Waals surface area contributed by atoms with Gasteiger partial charge in [-0.2, -0.15) is 5.10 Å². The van der Waals surface area contributed by atoms with Gasteiger partial charge in [0.05, 0.1) is 16.1 Å². The van der Waals surface area contributed by atoms with E-state index in [-0.39, 0.29) is 5.91 Å². The average molecular weight is 441 g/mol. The van der Waals surface area contributed by atoms with Crippen LogP contribution in [0.15, 0.2) is 71.1 Å². The maximum atomic E-state index is 12.5. The highest BCUT2D eigenvalue weighted by atomic mass is 35.5. The number of esters is 1. The molecule has 4 aromatic rings. The van der Waals surface area contributed by atoms with Crippen LogP contribution >= 0.6 is 34.3 Å². The Labute approximate surface area is 179 Å². The van der Waals surface area contributed by atoms with Crippen LogP contribution in [-0.4, -0.2) is 18.1 Å². The first-order chi connectivity index (χ1) is 14.1. The molecule has 0 aliphatic carbocycles. The fourth-order valence-corrected chi connectivity index (χ4v) is 4.55. The molecule has 5 nitrogen and oxygen atoms in total. The maximum Gasteiger partial charge on any atom is 0.355 e. The number of benzene rings is 2. The Balaban J connectivity index is 1.40. The number of nitrogens with zero attached hydrogens (tertiary/aromatic N) is 1. The number of hydrogen-bond donors (Lipinski definition) is 1. The van der Waals surface area contributed by atoms with Crippen LogP contribution < -0.4 is 10.2 Å². The first kappa shape index (κ1) is 19.3. The van der Waals surface area contributed by atoms with E-state index in [0.717, 1.165) is 15.6 Å². The second kappa shape index (κ2) is 8.57. The molecule has 0 spiro atoms. The van der Waals surface area contributed by atoms with Crippen LogP contribution in [0.1, 0.15) is 24.9 Å². The van der Waals surface area contributed by atoms with Gasteiger partial charge in [-0.3, -0.25) is 4.79 Å². The zero-order valence-corrected chi connectivity index (χ0v) is 17.2. The molecule has 0 atom stereocenters. The van der Waals surface area contributed by atoms with Crippen LogP contribution in [0.25, 0.3) is 10.1 Å². The number of ether oxygens (including phenoxy) is 1. The van der Waals surface area contributed by atoms with Gasteiger partial charge in [-0.15, -0.1) is 22.7 Å². The molecule has 2 heterocycles. The van der Waals surface area contributed by atoms with E-state index < -0.39 is 5.97 Å². The lowest BCUT2D eigenvalue weighted by atomic mass is 10.2. The number of fused-ring (bicyclic) bond motifs is 1. The molecule has 2 aromatic heterocycles. The highest BCUT2D eigenvalue weighted by Gasteiger charge is 2.18. The summed E-state index contributed by atoms with van der Waals surface area (Å²) in [4.78, 5) is 25.3. The second-order valence-electron chi connectivity index (χ2n) is 5.88. The molecule has 4 rings (SSSR count). The first-order valence-electron chi connectivity index (χ1n) is 8.48. The van der Waals surface area contributed by atoms with Gasteiger partial charge >= 0.3 is 5.97 Å². The van der Waals surface area contributed by atoms with Crippen LogP contribution in [-0.2, 0) is 0 Å². The molecule has 0 saturated heterocycles. The minimum Gasteiger partial charge on any atom is -0.422 e. The van der Waals surface area contributed by atoms with Gasteiger partial charge in [-0.1, -0.05) is 35.9 Å². The van der Waals surface area contributed by atoms with Crippen molar-refractivity contribution in [2.45, 2.75) is 0 Å². The molecule has 0 aliphatic rings. The molecule has 8 heteroatoms. The highest BCUT2D eigenvalue weighted by Crippen LogP contribution is 2.35.